The van der Waals surface area contributed by atoms with Gasteiger partial charge in [0.15, 0.2) is 0 Å². The van der Waals surface area contributed by atoms with Gasteiger partial charge in [0.1, 0.15) is 10.8 Å². The zero-order chi connectivity index (χ0) is 13.8. The lowest BCUT2D eigenvalue weighted by Crippen LogP contribution is -2.23. The molecule has 0 amide bonds. The number of anilines is 1. The van der Waals surface area contributed by atoms with Gasteiger partial charge in [-0.2, -0.15) is 0 Å². The Morgan fingerprint density at radius 3 is 2.95 bits per heavy atom. The molecular formula is C14H21N3OS. The second kappa shape index (κ2) is 6.30. The molecule has 0 aliphatic heterocycles. The first-order valence-corrected chi connectivity index (χ1v) is 7.12. The SMILES string of the molecule is COC(C)CNc1nc2c(cc1C(N)=S)CCCC2. The van der Waals surface area contributed by atoms with Gasteiger partial charge in [0.25, 0.3) is 0 Å². The number of nitrogens with two attached hydrogens (primary N) is 1. The maximum absolute atomic E-state index is 5.81. The lowest BCUT2D eigenvalue weighted by Gasteiger charge is -2.20. The number of ether oxygens (including phenoxy) is 1. The van der Waals surface area contributed by atoms with Crippen LogP contribution in [0.3, 0.4) is 0 Å². The Morgan fingerprint density at radius 1 is 1.53 bits per heavy atom. The van der Waals surface area contributed by atoms with Crippen molar-refractivity contribution in [3.05, 3.63) is 22.9 Å². The van der Waals surface area contributed by atoms with Crippen molar-refractivity contribution in [2.45, 2.75) is 38.7 Å². The number of hydrogen-bond donors (Lipinski definition) is 2. The molecule has 2 rings (SSSR count). The Hall–Kier alpha value is -1.20. The summed E-state index contributed by atoms with van der Waals surface area (Å²) in [6.45, 7) is 2.70. The van der Waals surface area contributed by atoms with Gasteiger partial charge < -0.3 is 15.8 Å². The molecule has 1 aromatic rings. The van der Waals surface area contributed by atoms with Crippen LogP contribution in [0, 0.1) is 0 Å². The summed E-state index contributed by atoms with van der Waals surface area (Å²) >= 11 is 5.13. The number of aryl methyl sites for hydroxylation is 2. The van der Waals surface area contributed by atoms with E-state index in [1.54, 1.807) is 7.11 Å². The van der Waals surface area contributed by atoms with Crippen molar-refractivity contribution in [2.24, 2.45) is 5.73 Å². The average Bonchev–Trinajstić information content (AvgIpc) is 2.43. The van der Waals surface area contributed by atoms with E-state index in [1.165, 1.54) is 24.1 Å². The summed E-state index contributed by atoms with van der Waals surface area (Å²) in [5.41, 5.74) is 9.12. The van der Waals surface area contributed by atoms with Crippen molar-refractivity contribution in [3.63, 3.8) is 0 Å². The van der Waals surface area contributed by atoms with Crippen LogP contribution >= 0.6 is 12.2 Å². The molecule has 1 aliphatic rings. The lowest BCUT2D eigenvalue weighted by atomic mass is 9.94. The standard InChI is InChI=1S/C14H21N3OS/c1-9(18-2)8-16-14-11(13(15)19)7-10-5-3-4-6-12(10)17-14/h7,9H,3-6,8H2,1-2H3,(H2,15,19)(H,16,17). The quantitative estimate of drug-likeness (QED) is 0.808. The Balaban J connectivity index is 2.26. The number of fused-ring (bicyclic) bond motifs is 1. The summed E-state index contributed by atoms with van der Waals surface area (Å²) in [6.07, 6.45) is 4.67. The van der Waals surface area contributed by atoms with E-state index < -0.39 is 0 Å². The maximum atomic E-state index is 5.81. The van der Waals surface area contributed by atoms with Crippen molar-refractivity contribution < 1.29 is 4.74 Å². The van der Waals surface area contributed by atoms with E-state index in [0.29, 0.717) is 11.5 Å². The molecule has 1 atom stereocenters. The van der Waals surface area contributed by atoms with Gasteiger partial charge in [0.2, 0.25) is 0 Å². The Bertz CT molecular complexity index is 476. The third kappa shape index (κ3) is 3.42. The molecule has 4 nitrogen and oxygen atoms in total. The fourth-order valence-electron chi connectivity index (χ4n) is 2.28. The monoisotopic (exact) mass is 279 g/mol. The van der Waals surface area contributed by atoms with Crippen LogP contribution in [0.15, 0.2) is 6.07 Å². The van der Waals surface area contributed by atoms with Gasteiger partial charge in [-0.3, -0.25) is 0 Å². The first kappa shape index (κ1) is 14.2. The Kier molecular flexibility index (Phi) is 4.71. The van der Waals surface area contributed by atoms with Crippen LogP contribution in [0.25, 0.3) is 0 Å². The van der Waals surface area contributed by atoms with Gasteiger partial charge in [-0.25, -0.2) is 4.98 Å². The highest BCUT2D eigenvalue weighted by Gasteiger charge is 2.16. The average molecular weight is 279 g/mol. The largest absolute Gasteiger partial charge is 0.389 e. The van der Waals surface area contributed by atoms with Gasteiger partial charge in [-0.1, -0.05) is 12.2 Å². The third-order valence-corrected chi connectivity index (χ3v) is 3.75. The van der Waals surface area contributed by atoms with Crippen LogP contribution in [0.2, 0.25) is 0 Å². The van der Waals surface area contributed by atoms with Gasteiger partial charge in [-0.15, -0.1) is 0 Å². The first-order chi connectivity index (χ1) is 9.11. The van der Waals surface area contributed by atoms with E-state index in [9.17, 15) is 0 Å². The van der Waals surface area contributed by atoms with Crippen LogP contribution in [0.1, 0.15) is 36.6 Å². The van der Waals surface area contributed by atoms with Crippen LogP contribution in [0.5, 0.6) is 0 Å². The van der Waals surface area contributed by atoms with Crippen molar-refractivity contribution in [1.29, 1.82) is 0 Å². The number of methoxy groups -OCH3 is 1. The molecule has 1 aromatic heterocycles. The van der Waals surface area contributed by atoms with Crippen molar-refractivity contribution in [1.82, 2.24) is 4.98 Å². The fraction of sp³-hybridized carbons (Fsp3) is 0.571. The Morgan fingerprint density at radius 2 is 2.26 bits per heavy atom. The number of nitrogens with zero attached hydrogens (tertiary/aromatic N) is 1. The zero-order valence-electron chi connectivity index (χ0n) is 11.5. The van der Waals surface area contributed by atoms with E-state index in [2.05, 4.69) is 11.4 Å². The second-order valence-corrected chi connectivity index (χ2v) is 5.43. The van der Waals surface area contributed by atoms with Gasteiger partial charge in [0.05, 0.1) is 11.7 Å². The number of thiocarbonyl (C=S) groups is 1. The summed E-state index contributed by atoms with van der Waals surface area (Å²) in [5.74, 6) is 0.789. The molecule has 3 N–H and O–H groups in total. The van der Waals surface area contributed by atoms with E-state index in [0.717, 1.165) is 24.2 Å². The predicted molar refractivity (Wildman–Crippen MR) is 81.7 cm³/mol. The topological polar surface area (TPSA) is 60.2 Å². The summed E-state index contributed by atoms with van der Waals surface area (Å²) in [7, 11) is 1.70. The van der Waals surface area contributed by atoms with Crippen molar-refractivity contribution >= 4 is 23.0 Å². The van der Waals surface area contributed by atoms with Crippen LogP contribution in [0.4, 0.5) is 5.82 Å². The summed E-state index contributed by atoms with van der Waals surface area (Å²) < 4.78 is 5.23. The highest BCUT2D eigenvalue weighted by molar-refractivity contribution is 7.80. The molecule has 0 radical (unpaired) electrons. The number of aromatic nitrogens is 1. The predicted octanol–water partition coefficient (Wildman–Crippen LogP) is 2.04. The van der Waals surface area contributed by atoms with Gasteiger partial charge in [0, 0.05) is 19.3 Å². The lowest BCUT2D eigenvalue weighted by molar-refractivity contribution is 0.128. The summed E-state index contributed by atoms with van der Waals surface area (Å²) in [6, 6.07) is 2.10. The normalized spacial score (nSPS) is 15.7. The minimum atomic E-state index is 0.122. The van der Waals surface area contributed by atoms with Crippen molar-refractivity contribution in [3.8, 4) is 0 Å². The zero-order valence-corrected chi connectivity index (χ0v) is 12.3. The second-order valence-electron chi connectivity index (χ2n) is 4.99. The minimum absolute atomic E-state index is 0.122. The molecule has 0 fully saturated rings. The molecule has 0 aromatic carbocycles. The summed E-state index contributed by atoms with van der Waals surface area (Å²) in [5, 5.41) is 3.29. The molecule has 104 valence electrons. The van der Waals surface area contributed by atoms with E-state index in [-0.39, 0.29) is 6.10 Å². The van der Waals surface area contributed by atoms with Crippen LogP contribution in [-0.2, 0) is 17.6 Å². The third-order valence-electron chi connectivity index (χ3n) is 3.53. The molecule has 0 saturated heterocycles. The molecule has 19 heavy (non-hydrogen) atoms. The van der Waals surface area contributed by atoms with E-state index >= 15 is 0 Å². The highest BCUT2D eigenvalue weighted by Crippen LogP contribution is 2.24. The molecule has 0 spiro atoms. The highest BCUT2D eigenvalue weighted by atomic mass is 32.1. The molecular weight excluding hydrogens is 258 g/mol. The van der Waals surface area contributed by atoms with Crippen LogP contribution < -0.4 is 11.1 Å². The number of rotatable bonds is 5. The molecule has 1 heterocycles. The van der Waals surface area contributed by atoms with Crippen LogP contribution in [-0.4, -0.2) is 29.7 Å². The van der Waals surface area contributed by atoms with Crippen molar-refractivity contribution in [2.75, 3.05) is 19.0 Å². The fourth-order valence-corrected chi connectivity index (χ4v) is 2.44. The molecule has 0 bridgehead atoms. The molecule has 1 unspecified atom stereocenters. The number of nitrogens with one attached hydrogen (secondary N) is 1. The first-order valence-electron chi connectivity index (χ1n) is 6.71. The Labute approximate surface area is 119 Å². The molecule has 5 heteroatoms. The minimum Gasteiger partial charge on any atom is -0.389 e. The molecule has 1 aliphatic carbocycles. The van der Waals surface area contributed by atoms with Gasteiger partial charge in [-0.05, 0) is 44.2 Å². The van der Waals surface area contributed by atoms with Gasteiger partial charge >= 0.3 is 0 Å². The van der Waals surface area contributed by atoms with E-state index in [4.69, 9.17) is 27.7 Å². The smallest absolute Gasteiger partial charge is 0.136 e. The maximum Gasteiger partial charge on any atom is 0.136 e. The van der Waals surface area contributed by atoms with E-state index in [1.807, 2.05) is 6.92 Å². The number of hydrogen-bond acceptors (Lipinski definition) is 4. The molecule has 0 saturated carbocycles. The number of pyridine rings is 1. The summed E-state index contributed by atoms with van der Waals surface area (Å²) in [4.78, 5) is 5.10.